The first-order chi connectivity index (χ1) is 15.1. The zero-order valence-electron chi connectivity index (χ0n) is 18.0. The summed E-state index contributed by atoms with van der Waals surface area (Å²) in [6.07, 6.45) is 1.96. The van der Waals surface area contributed by atoms with Gasteiger partial charge in [0.05, 0.1) is 39.3 Å². The third-order valence-electron chi connectivity index (χ3n) is 4.86. The molecule has 0 fully saturated rings. The number of hydrogen-bond donors (Lipinski definition) is 1. The molecule has 0 saturated heterocycles. The van der Waals surface area contributed by atoms with Gasteiger partial charge in [-0.2, -0.15) is 0 Å². The summed E-state index contributed by atoms with van der Waals surface area (Å²) in [5, 5.41) is 7.10. The van der Waals surface area contributed by atoms with Gasteiger partial charge in [-0.05, 0) is 24.3 Å². The molecule has 8 heteroatoms. The molecule has 2 aromatic carbocycles. The van der Waals surface area contributed by atoms with Crippen LogP contribution in [0.15, 0.2) is 60.3 Å². The Morgan fingerprint density at radius 1 is 1.19 bits per heavy atom. The molecular formula is C23H27N3O5. The van der Waals surface area contributed by atoms with Crippen LogP contribution < -0.4 is 19.5 Å². The van der Waals surface area contributed by atoms with Crippen molar-refractivity contribution >= 4 is 17.4 Å². The van der Waals surface area contributed by atoms with Gasteiger partial charge in [-0.3, -0.25) is 0 Å². The lowest BCUT2D eigenvalue weighted by molar-refractivity contribution is 0.0645. The first-order valence-corrected chi connectivity index (χ1v) is 9.84. The fraction of sp³-hybridized carbons (Fsp3) is 0.304. The highest BCUT2D eigenvalue weighted by molar-refractivity contribution is 6.03. The van der Waals surface area contributed by atoms with Crippen LogP contribution >= 0.6 is 0 Å². The Bertz CT molecular complexity index is 960. The van der Waals surface area contributed by atoms with Crippen molar-refractivity contribution < 1.29 is 23.8 Å². The number of amides is 2. The van der Waals surface area contributed by atoms with Gasteiger partial charge >= 0.3 is 6.03 Å². The van der Waals surface area contributed by atoms with Gasteiger partial charge in [0.25, 0.3) is 0 Å². The molecule has 2 aromatic rings. The van der Waals surface area contributed by atoms with Crippen LogP contribution in [0.25, 0.3) is 0 Å². The largest absolute Gasteiger partial charge is 0.497 e. The fourth-order valence-electron chi connectivity index (χ4n) is 3.31. The predicted octanol–water partition coefficient (Wildman–Crippen LogP) is 3.93. The number of para-hydroxylation sites is 1. The van der Waals surface area contributed by atoms with Crippen LogP contribution in [0.4, 0.5) is 10.5 Å². The van der Waals surface area contributed by atoms with E-state index in [1.54, 1.807) is 43.4 Å². The lowest BCUT2D eigenvalue weighted by atomic mass is 10.0. The number of oxime groups is 1. The molecule has 0 unspecified atom stereocenters. The van der Waals surface area contributed by atoms with Gasteiger partial charge < -0.3 is 29.3 Å². The molecule has 1 N–H and O–H groups in total. The highest BCUT2D eigenvalue weighted by Gasteiger charge is 2.28. The lowest BCUT2D eigenvalue weighted by Crippen LogP contribution is -2.40. The molecule has 0 aromatic heterocycles. The summed E-state index contributed by atoms with van der Waals surface area (Å²) in [6.45, 7) is 4.46. The molecule has 2 amide bonds. The van der Waals surface area contributed by atoms with Crippen molar-refractivity contribution in [1.29, 1.82) is 0 Å². The summed E-state index contributed by atoms with van der Waals surface area (Å²) < 4.78 is 16.0. The third kappa shape index (κ3) is 5.28. The second-order valence-corrected chi connectivity index (χ2v) is 6.86. The van der Waals surface area contributed by atoms with Gasteiger partial charge in [0.1, 0.15) is 17.2 Å². The smallest absolute Gasteiger partial charge is 0.322 e. The average Bonchev–Trinajstić information content (AvgIpc) is 3.27. The Balaban J connectivity index is 1.66. The average molecular weight is 425 g/mol. The third-order valence-corrected chi connectivity index (χ3v) is 4.86. The number of ether oxygens (including phenoxy) is 3. The Morgan fingerprint density at radius 2 is 1.97 bits per heavy atom. The quantitative estimate of drug-likeness (QED) is 0.616. The van der Waals surface area contributed by atoms with E-state index < -0.39 is 0 Å². The molecule has 1 heterocycles. The van der Waals surface area contributed by atoms with E-state index in [0.29, 0.717) is 36.7 Å². The van der Waals surface area contributed by atoms with E-state index in [9.17, 15) is 4.79 Å². The number of carbonyl (C=O) groups excluding carboxylic acids is 1. The Kier molecular flexibility index (Phi) is 7.37. The van der Waals surface area contributed by atoms with Crippen molar-refractivity contribution in [2.75, 3.05) is 39.7 Å². The second kappa shape index (κ2) is 10.4. The maximum absolute atomic E-state index is 12.9. The zero-order chi connectivity index (χ0) is 22.2. The molecule has 1 aliphatic rings. The van der Waals surface area contributed by atoms with Crippen LogP contribution in [0.2, 0.25) is 0 Å². The first kappa shape index (κ1) is 22.0. The number of hydrogen-bond acceptors (Lipinski definition) is 6. The molecule has 31 heavy (non-hydrogen) atoms. The van der Waals surface area contributed by atoms with E-state index in [1.807, 2.05) is 24.3 Å². The van der Waals surface area contributed by atoms with Crippen LogP contribution in [0.1, 0.15) is 12.0 Å². The van der Waals surface area contributed by atoms with Crippen molar-refractivity contribution in [1.82, 2.24) is 4.90 Å². The molecule has 8 nitrogen and oxygen atoms in total. The molecular weight excluding hydrogens is 398 g/mol. The Hall–Kier alpha value is -3.68. The lowest BCUT2D eigenvalue weighted by Gasteiger charge is -2.24. The number of nitrogens with zero attached hydrogens (tertiary/aromatic N) is 2. The standard InChI is InChI=1S/C23H27N3O5/c1-5-12-26(23(27)24-19-11-10-16(28-2)14-22(19)30-4)15-17-13-20(25-31-17)18-8-6-7-9-21(18)29-3/h5-11,14,17H,1,12-13,15H2,2-4H3,(H,24,27)/t17-/m1/s1. The normalized spacial score (nSPS) is 14.8. The minimum atomic E-state index is -0.294. The van der Waals surface area contributed by atoms with Gasteiger partial charge in [0.2, 0.25) is 0 Å². The first-order valence-electron chi connectivity index (χ1n) is 9.84. The molecule has 0 saturated carbocycles. The number of anilines is 1. The summed E-state index contributed by atoms with van der Waals surface area (Å²) in [6, 6.07) is 12.5. The summed E-state index contributed by atoms with van der Waals surface area (Å²) in [4.78, 5) is 20.2. The van der Waals surface area contributed by atoms with Gasteiger partial charge in [-0.15, -0.1) is 6.58 Å². The van der Waals surface area contributed by atoms with E-state index in [0.717, 1.165) is 17.0 Å². The number of benzene rings is 2. The Morgan fingerprint density at radius 3 is 2.68 bits per heavy atom. The summed E-state index contributed by atoms with van der Waals surface area (Å²) in [5.41, 5.74) is 2.22. The maximum Gasteiger partial charge on any atom is 0.322 e. The highest BCUT2D eigenvalue weighted by atomic mass is 16.6. The zero-order valence-corrected chi connectivity index (χ0v) is 18.0. The van der Waals surface area contributed by atoms with Crippen molar-refractivity contribution in [2.24, 2.45) is 5.16 Å². The Labute approximate surface area is 182 Å². The van der Waals surface area contributed by atoms with Crippen molar-refractivity contribution in [2.45, 2.75) is 12.5 Å². The maximum atomic E-state index is 12.9. The van der Waals surface area contributed by atoms with Gasteiger partial charge in [-0.1, -0.05) is 23.4 Å². The summed E-state index contributed by atoms with van der Waals surface area (Å²) in [7, 11) is 4.73. The molecule has 0 radical (unpaired) electrons. The molecule has 164 valence electrons. The van der Waals surface area contributed by atoms with E-state index >= 15 is 0 Å². The van der Waals surface area contributed by atoms with Crippen molar-refractivity contribution in [3.05, 3.63) is 60.7 Å². The van der Waals surface area contributed by atoms with Gasteiger partial charge in [0, 0.05) is 24.6 Å². The fourth-order valence-corrected chi connectivity index (χ4v) is 3.31. The molecule has 0 spiro atoms. The number of rotatable bonds is 9. The van der Waals surface area contributed by atoms with Crippen LogP contribution in [0.5, 0.6) is 17.2 Å². The van der Waals surface area contributed by atoms with Crippen LogP contribution in [0.3, 0.4) is 0 Å². The van der Waals surface area contributed by atoms with Gasteiger partial charge in [0.15, 0.2) is 6.10 Å². The summed E-state index contributed by atoms with van der Waals surface area (Å²) >= 11 is 0. The predicted molar refractivity (Wildman–Crippen MR) is 119 cm³/mol. The monoisotopic (exact) mass is 425 g/mol. The van der Waals surface area contributed by atoms with Crippen LogP contribution in [-0.2, 0) is 4.84 Å². The number of methoxy groups -OCH3 is 3. The van der Waals surface area contributed by atoms with E-state index in [4.69, 9.17) is 19.0 Å². The van der Waals surface area contributed by atoms with E-state index in [-0.39, 0.29) is 12.1 Å². The number of carbonyl (C=O) groups is 1. The highest BCUT2D eigenvalue weighted by Crippen LogP contribution is 2.29. The van der Waals surface area contributed by atoms with Gasteiger partial charge in [-0.25, -0.2) is 4.79 Å². The van der Waals surface area contributed by atoms with Crippen molar-refractivity contribution in [3.63, 3.8) is 0 Å². The minimum Gasteiger partial charge on any atom is -0.497 e. The summed E-state index contributed by atoms with van der Waals surface area (Å²) in [5.74, 6) is 1.88. The van der Waals surface area contributed by atoms with Crippen LogP contribution in [-0.4, -0.2) is 57.2 Å². The topological polar surface area (TPSA) is 81.6 Å². The molecule has 3 rings (SSSR count). The van der Waals surface area contributed by atoms with Crippen LogP contribution in [0, 0.1) is 0 Å². The van der Waals surface area contributed by atoms with E-state index in [2.05, 4.69) is 17.1 Å². The molecule has 0 bridgehead atoms. The number of urea groups is 1. The SMILES string of the molecule is C=CCN(C[C@H]1CC(c2ccccc2OC)=NO1)C(=O)Nc1ccc(OC)cc1OC. The molecule has 1 atom stereocenters. The second-order valence-electron chi connectivity index (χ2n) is 6.86. The van der Waals surface area contributed by atoms with E-state index in [1.165, 1.54) is 7.11 Å². The minimum absolute atomic E-state index is 0.275. The molecule has 1 aliphatic heterocycles. The molecule has 0 aliphatic carbocycles. The van der Waals surface area contributed by atoms with Crippen molar-refractivity contribution in [3.8, 4) is 17.2 Å². The number of nitrogens with one attached hydrogen (secondary N) is 1.